The minimum absolute atomic E-state index is 0.190. The zero-order valence-electron chi connectivity index (χ0n) is 12.4. The van der Waals surface area contributed by atoms with Crippen LogP contribution in [0.25, 0.3) is 0 Å². The van der Waals surface area contributed by atoms with Crippen LogP contribution in [0.1, 0.15) is 39.7 Å². The fourth-order valence-electron chi connectivity index (χ4n) is 2.18. The van der Waals surface area contributed by atoms with Crippen LogP contribution < -0.4 is 10.6 Å². The van der Waals surface area contributed by atoms with Crippen molar-refractivity contribution in [3.8, 4) is 0 Å². The molecule has 2 N–H and O–H groups in total. The highest BCUT2D eigenvalue weighted by Crippen LogP contribution is 2.17. The Hall–Kier alpha value is -1.09. The van der Waals surface area contributed by atoms with E-state index < -0.39 is 0 Å². The Morgan fingerprint density at radius 3 is 2.33 bits per heavy atom. The molecule has 0 spiro atoms. The largest absolute Gasteiger partial charge is 0.357 e. The molecule has 0 radical (unpaired) electrons. The summed E-state index contributed by atoms with van der Waals surface area (Å²) in [5.74, 6) is 1.75. The zero-order valence-corrected chi connectivity index (χ0v) is 12.4. The summed E-state index contributed by atoms with van der Waals surface area (Å²) < 4.78 is 0. The Kier molecular flexibility index (Phi) is 5.60. The summed E-state index contributed by atoms with van der Waals surface area (Å²) in [6.07, 6.45) is 4.01. The number of hydrogen-bond acceptors (Lipinski definition) is 3. The number of rotatable bonds is 6. The molecule has 3 heteroatoms. The Morgan fingerprint density at radius 2 is 1.89 bits per heavy atom. The summed E-state index contributed by atoms with van der Waals surface area (Å²) >= 11 is 0. The second-order valence-corrected chi connectivity index (χ2v) is 5.80. The minimum atomic E-state index is 0.190. The van der Waals surface area contributed by atoms with Gasteiger partial charge in [-0.1, -0.05) is 19.9 Å². The second-order valence-electron chi connectivity index (χ2n) is 5.80. The van der Waals surface area contributed by atoms with Gasteiger partial charge in [0, 0.05) is 25.3 Å². The predicted octanol–water partition coefficient (Wildman–Crippen LogP) is 2.84. The van der Waals surface area contributed by atoms with Gasteiger partial charge < -0.3 is 10.6 Å². The topological polar surface area (TPSA) is 42.1 Å². The van der Waals surface area contributed by atoms with Crippen molar-refractivity contribution in [1.82, 2.24) is 4.98 Å². The summed E-state index contributed by atoms with van der Waals surface area (Å²) in [5.41, 5.74) is 6.99. The van der Waals surface area contributed by atoms with E-state index in [2.05, 4.69) is 49.8 Å². The molecule has 0 aromatic carbocycles. The molecule has 1 aromatic rings. The highest BCUT2D eigenvalue weighted by Gasteiger charge is 2.12. The van der Waals surface area contributed by atoms with Crippen LogP contribution in [0.5, 0.6) is 0 Å². The first kappa shape index (κ1) is 15.0. The number of aromatic nitrogens is 1. The van der Waals surface area contributed by atoms with E-state index >= 15 is 0 Å². The van der Waals surface area contributed by atoms with Crippen molar-refractivity contribution in [3.05, 3.63) is 23.9 Å². The van der Waals surface area contributed by atoms with Crippen molar-refractivity contribution >= 4 is 5.82 Å². The highest BCUT2D eigenvalue weighted by atomic mass is 15.2. The Labute approximate surface area is 111 Å². The lowest BCUT2D eigenvalue weighted by atomic mass is 10.0. The van der Waals surface area contributed by atoms with E-state index in [1.807, 2.05) is 13.1 Å². The van der Waals surface area contributed by atoms with Gasteiger partial charge in [0.2, 0.25) is 0 Å². The van der Waals surface area contributed by atoms with Gasteiger partial charge in [0.25, 0.3) is 0 Å². The van der Waals surface area contributed by atoms with Crippen molar-refractivity contribution in [2.75, 3.05) is 11.9 Å². The van der Waals surface area contributed by atoms with Crippen molar-refractivity contribution in [2.24, 2.45) is 11.7 Å². The number of nitrogens with two attached hydrogens (primary N) is 1. The standard InChI is InChI=1S/C15H27N3/c1-11(2)8-13(4)18(5)15-7-6-14(10-17-15)9-12(3)16/h6-7,10-13H,8-9,16H2,1-5H3. The molecule has 0 fully saturated rings. The molecule has 2 atom stereocenters. The average Bonchev–Trinajstić information content (AvgIpc) is 2.27. The molecule has 18 heavy (non-hydrogen) atoms. The molecule has 1 heterocycles. The molecule has 2 unspecified atom stereocenters. The monoisotopic (exact) mass is 249 g/mol. The van der Waals surface area contributed by atoms with Crippen LogP contribution in [-0.4, -0.2) is 24.1 Å². The molecule has 0 amide bonds. The van der Waals surface area contributed by atoms with Crippen LogP contribution in [0.15, 0.2) is 18.3 Å². The van der Waals surface area contributed by atoms with E-state index in [0.717, 1.165) is 12.2 Å². The highest BCUT2D eigenvalue weighted by molar-refractivity contribution is 5.39. The maximum atomic E-state index is 5.79. The number of hydrogen-bond donors (Lipinski definition) is 1. The average molecular weight is 249 g/mol. The first-order valence-electron chi connectivity index (χ1n) is 6.83. The van der Waals surface area contributed by atoms with Crippen LogP contribution in [0, 0.1) is 5.92 Å². The summed E-state index contributed by atoms with van der Waals surface area (Å²) in [4.78, 5) is 6.78. The third-order valence-corrected chi connectivity index (χ3v) is 3.20. The molecule has 0 aliphatic rings. The molecule has 102 valence electrons. The van der Waals surface area contributed by atoms with Gasteiger partial charge in [-0.05, 0) is 44.2 Å². The van der Waals surface area contributed by atoms with Gasteiger partial charge in [-0.3, -0.25) is 0 Å². The molecule has 0 aliphatic carbocycles. The van der Waals surface area contributed by atoms with E-state index in [1.165, 1.54) is 12.0 Å². The SMILES string of the molecule is CC(C)CC(C)N(C)c1ccc(CC(C)N)cn1. The second kappa shape index (κ2) is 6.74. The van der Waals surface area contributed by atoms with Crippen LogP contribution in [0.2, 0.25) is 0 Å². The van der Waals surface area contributed by atoms with Crippen LogP contribution in [0.3, 0.4) is 0 Å². The maximum Gasteiger partial charge on any atom is 0.128 e. The lowest BCUT2D eigenvalue weighted by molar-refractivity contribution is 0.502. The molecule has 1 rings (SSSR count). The van der Waals surface area contributed by atoms with Crippen LogP contribution >= 0.6 is 0 Å². The summed E-state index contributed by atoms with van der Waals surface area (Å²) in [7, 11) is 2.11. The first-order valence-corrected chi connectivity index (χ1v) is 6.83. The molecule has 0 saturated heterocycles. The van der Waals surface area contributed by atoms with E-state index in [9.17, 15) is 0 Å². The van der Waals surface area contributed by atoms with Gasteiger partial charge in [-0.25, -0.2) is 4.98 Å². The number of pyridine rings is 1. The molecule has 0 bridgehead atoms. The fourth-order valence-corrected chi connectivity index (χ4v) is 2.18. The van der Waals surface area contributed by atoms with E-state index in [4.69, 9.17) is 5.73 Å². The number of anilines is 1. The van der Waals surface area contributed by atoms with Crippen molar-refractivity contribution < 1.29 is 0 Å². The lowest BCUT2D eigenvalue weighted by Crippen LogP contribution is -2.30. The molecular formula is C15H27N3. The van der Waals surface area contributed by atoms with Crippen molar-refractivity contribution in [3.63, 3.8) is 0 Å². The zero-order chi connectivity index (χ0) is 13.7. The van der Waals surface area contributed by atoms with Gasteiger partial charge in [0.05, 0.1) is 0 Å². The van der Waals surface area contributed by atoms with Gasteiger partial charge in [-0.2, -0.15) is 0 Å². The molecular weight excluding hydrogens is 222 g/mol. The van der Waals surface area contributed by atoms with Crippen molar-refractivity contribution in [2.45, 2.75) is 52.6 Å². The fraction of sp³-hybridized carbons (Fsp3) is 0.667. The normalized spacial score (nSPS) is 14.6. The Bertz CT molecular complexity index is 343. The lowest BCUT2D eigenvalue weighted by Gasteiger charge is -2.27. The smallest absolute Gasteiger partial charge is 0.128 e. The van der Waals surface area contributed by atoms with E-state index in [-0.39, 0.29) is 6.04 Å². The Morgan fingerprint density at radius 1 is 1.22 bits per heavy atom. The maximum absolute atomic E-state index is 5.79. The van der Waals surface area contributed by atoms with Gasteiger partial charge >= 0.3 is 0 Å². The quantitative estimate of drug-likeness (QED) is 0.843. The van der Waals surface area contributed by atoms with E-state index in [0.29, 0.717) is 12.0 Å². The van der Waals surface area contributed by atoms with Crippen molar-refractivity contribution in [1.29, 1.82) is 0 Å². The summed E-state index contributed by atoms with van der Waals surface area (Å²) in [5, 5.41) is 0. The summed E-state index contributed by atoms with van der Waals surface area (Å²) in [6, 6.07) is 4.92. The molecule has 1 aromatic heterocycles. The van der Waals surface area contributed by atoms with Gasteiger partial charge in [-0.15, -0.1) is 0 Å². The van der Waals surface area contributed by atoms with Gasteiger partial charge in [0.1, 0.15) is 5.82 Å². The van der Waals surface area contributed by atoms with E-state index in [1.54, 1.807) is 0 Å². The van der Waals surface area contributed by atoms with Crippen LogP contribution in [0.4, 0.5) is 5.82 Å². The summed E-state index contributed by atoms with van der Waals surface area (Å²) in [6.45, 7) is 8.77. The number of nitrogens with zero attached hydrogens (tertiary/aromatic N) is 2. The molecule has 0 aliphatic heterocycles. The minimum Gasteiger partial charge on any atom is -0.357 e. The Balaban J connectivity index is 2.66. The molecule has 0 saturated carbocycles. The third kappa shape index (κ3) is 4.65. The molecule has 3 nitrogen and oxygen atoms in total. The first-order chi connectivity index (χ1) is 8.40. The van der Waals surface area contributed by atoms with Crippen LogP contribution in [-0.2, 0) is 6.42 Å². The predicted molar refractivity (Wildman–Crippen MR) is 78.9 cm³/mol. The third-order valence-electron chi connectivity index (χ3n) is 3.20. The van der Waals surface area contributed by atoms with Gasteiger partial charge in [0.15, 0.2) is 0 Å².